The van der Waals surface area contributed by atoms with E-state index in [9.17, 15) is 0 Å². The maximum atomic E-state index is 3.34. The molecule has 0 fully saturated rings. The van der Waals surface area contributed by atoms with Crippen LogP contribution in [0.3, 0.4) is 0 Å². The van der Waals surface area contributed by atoms with Crippen LogP contribution >= 0.6 is 11.8 Å². The summed E-state index contributed by atoms with van der Waals surface area (Å²) in [6.07, 6.45) is 2.10. The zero-order valence-electron chi connectivity index (χ0n) is 7.49. The Labute approximate surface area is 69.8 Å². The lowest BCUT2D eigenvalue weighted by Gasteiger charge is -2.04. The Balaban J connectivity index is 3.91. The zero-order valence-corrected chi connectivity index (χ0v) is 9.30. The van der Waals surface area contributed by atoms with E-state index in [0.29, 0.717) is 5.25 Å². The van der Waals surface area contributed by atoms with Gasteiger partial charge in [-0.1, -0.05) is 25.6 Å². The summed E-state index contributed by atoms with van der Waals surface area (Å²) < 4.78 is 0. The normalized spacial score (nSPS) is 13.7. The van der Waals surface area contributed by atoms with E-state index in [1.54, 1.807) is 0 Å². The summed E-state index contributed by atoms with van der Waals surface area (Å²) >= 11 is 1.81. The molecule has 0 aliphatic carbocycles. The minimum Gasteiger partial charge on any atom is -0.149 e. The van der Waals surface area contributed by atoms with Crippen LogP contribution in [0, 0.1) is 11.5 Å². The minimum absolute atomic E-state index is 0.506. The van der Waals surface area contributed by atoms with E-state index in [1.807, 2.05) is 11.8 Å². The van der Waals surface area contributed by atoms with Crippen molar-refractivity contribution in [2.75, 3.05) is 6.26 Å². The van der Waals surface area contributed by atoms with Gasteiger partial charge < -0.3 is 0 Å². The Morgan fingerprint density at radius 2 is 1.80 bits per heavy atom. The molecule has 0 aromatic heterocycles. The van der Waals surface area contributed by atoms with Crippen molar-refractivity contribution in [1.82, 2.24) is 0 Å². The number of hydrogen-bond acceptors (Lipinski definition) is 1. The van der Waals surface area contributed by atoms with Gasteiger partial charge in [0.25, 0.3) is 0 Å². The van der Waals surface area contributed by atoms with Crippen molar-refractivity contribution in [1.29, 1.82) is 0 Å². The smallest absolute Gasteiger partial charge is 0.129 e. The van der Waals surface area contributed by atoms with Crippen LogP contribution in [0.15, 0.2) is 0 Å². The van der Waals surface area contributed by atoms with Crippen molar-refractivity contribution in [3.63, 3.8) is 0 Å². The van der Waals surface area contributed by atoms with Gasteiger partial charge in [-0.15, -0.1) is 17.3 Å². The SMILES string of the molecule is CSC(C)C#C[Si](C)(C)C. The molecule has 0 aromatic carbocycles. The van der Waals surface area contributed by atoms with Gasteiger partial charge in [-0.25, -0.2) is 0 Å². The van der Waals surface area contributed by atoms with Crippen molar-refractivity contribution in [2.45, 2.75) is 31.8 Å². The van der Waals surface area contributed by atoms with E-state index < -0.39 is 8.07 Å². The van der Waals surface area contributed by atoms with Crippen molar-refractivity contribution in [3.05, 3.63) is 0 Å². The molecule has 0 saturated heterocycles. The monoisotopic (exact) mass is 172 g/mol. The van der Waals surface area contributed by atoms with Gasteiger partial charge in [0, 0.05) is 0 Å². The third kappa shape index (κ3) is 6.25. The number of rotatable bonds is 1. The third-order valence-corrected chi connectivity index (χ3v) is 2.72. The minimum atomic E-state index is -1.11. The molecule has 1 unspecified atom stereocenters. The largest absolute Gasteiger partial charge is 0.149 e. The quantitative estimate of drug-likeness (QED) is 0.433. The number of hydrogen-bond donors (Lipinski definition) is 0. The highest BCUT2D eigenvalue weighted by Gasteiger charge is 2.07. The molecule has 0 aliphatic rings. The van der Waals surface area contributed by atoms with Gasteiger partial charge in [0.2, 0.25) is 0 Å². The molecule has 0 nitrogen and oxygen atoms in total. The van der Waals surface area contributed by atoms with Crippen LogP contribution in [-0.2, 0) is 0 Å². The molecule has 0 rings (SSSR count). The van der Waals surface area contributed by atoms with Crippen molar-refractivity contribution in [3.8, 4) is 11.5 Å². The second-order valence-electron chi connectivity index (χ2n) is 3.40. The van der Waals surface area contributed by atoms with Gasteiger partial charge in [0.05, 0.1) is 5.25 Å². The molecular weight excluding hydrogens is 156 g/mol. The molecule has 0 saturated carbocycles. The molecule has 0 heterocycles. The van der Waals surface area contributed by atoms with Gasteiger partial charge in [-0.05, 0) is 13.2 Å². The van der Waals surface area contributed by atoms with E-state index >= 15 is 0 Å². The van der Waals surface area contributed by atoms with Crippen LogP contribution in [0.2, 0.25) is 19.6 Å². The van der Waals surface area contributed by atoms with Crippen molar-refractivity contribution in [2.24, 2.45) is 0 Å². The average molecular weight is 172 g/mol. The molecule has 0 radical (unpaired) electrons. The third-order valence-electron chi connectivity index (χ3n) is 1.00. The molecular formula is C8H16SSi. The average Bonchev–Trinajstić information content (AvgIpc) is 1.81. The first-order valence-electron chi connectivity index (χ1n) is 3.51. The summed E-state index contributed by atoms with van der Waals surface area (Å²) in [6, 6.07) is 0. The molecule has 58 valence electrons. The molecule has 0 aromatic rings. The summed E-state index contributed by atoms with van der Waals surface area (Å²) in [6.45, 7) is 8.96. The van der Waals surface area contributed by atoms with Crippen LogP contribution in [0.5, 0.6) is 0 Å². The van der Waals surface area contributed by atoms with Crippen molar-refractivity contribution >= 4 is 19.8 Å². The predicted octanol–water partition coefficient (Wildman–Crippen LogP) is 2.62. The van der Waals surface area contributed by atoms with Crippen LogP contribution in [0.4, 0.5) is 0 Å². The fraction of sp³-hybridized carbons (Fsp3) is 0.750. The Kier molecular flexibility index (Phi) is 4.15. The molecule has 0 spiro atoms. The van der Waals surface area contributed by atoms with E-state index in [0.717, 1.165) is 0 Å². The highest BCUT2D eigenvalue weighted by atomic mass is 32.2. The van der Waals surface area contributed by atoms with Crippen LogP contribution < -0.4 is 0 Å². The summed E-state index contributed by atoms with van der Waals surface area (Å²) in [7, 11) is -1.11. The summed E-state index contributed by atoms with van der Waals surface area (Å²) in [5, 5.41) is 0.506. The summed E-state index contributed by atoms with van der Waals surface area (Å²) in [4.78, 5) is 0. The van der Waals surface area contributed by atoms with Gasteiger partial charge in [0.15, 0.2) is 0 Å². The molecule has 0 amide bonds. The first kappa shape index (κ1) is 10.1. The molecule has 1 atom stereocenters. The Bertz CT molecular complexity index is 147. The van der Waals surface area contributed by atoms with Gasteiger partial charge >= 0.3 is 0 Å². The van der Waals surface area contributed by atoms with E-state index in [4.69, 9.17) is 0 Å². The Morgan fingerprint density at radius 3 is 2.10 bits per heavy atom. The lowest BCUT2D eigenvalue weighted by atomic mass is 10.5. The first-order chi connectivity index (χ1) is 4.45. The van der Waals surface area contributed by atoms with Gasteiger partial charge in [-0.3, -0.25) is 0 Å². The second kappa shape index (κ2) is 4.10. The van der Waals surface area contributed by atoms with Gasteiger partial charge in [0.1, 0.15) is 8.07 Å². The van der Waals surface area contributed by atoms with E-state index in [1.165, 1.54) is 0 Å². The van der Waals surface area contributed by atoms with Gasteiger partial charge in [-0.2, -0.15) is 0 Å². The molecule has 0 aliphatic heterocycles. The standard InChI is InChI=1S/C8H16SSi/c1-8(9-2)6-7-10(3,4)5/h8H,1-5H3. The molecule has 0 bridgehead atoms. The highest BCUT2D eigenvalue weighted by molar-refractivity contribution is 7.99. The zero-order chi connectivity index (χ0) is 8.20. The predicted molar refractivity (Wildman–Crippen MR) is 54.1 cm³/mol. The summed E-state index contributed by atoms with van der Waals surface area (Å²) in [5.74, 6) is 3.25. The molecule has 10 heavy (non-hydrogen) atoms. The molecule has 0 N–H and O–H groups in total. The highest BCUT2D eigenvalue weighted by Crippen LogP contribution is 2.04. The topological polar surface area (TPSA) is 0 Å². The molecule has 2 heteroatoms. The van der Waals surface area contributed by atoms with E-state index in [2.05, 4.69) is 44.3 Å². The summed E-state index contributed by atoms with van der Waals surface area (Å²) in [5.41, 5.74) is 3.34. The van der Waals surface area contributed by atoms with E-state index in [-0.39, 0.29) is 0 Å². The Hall–Kier alpha value is 0.127. The fourth-order valence-corrected chi connectivity index (χ4v) is 1.31. The first-order valence-corrected chi connectivity index (χ1v) is 8.30. The lowest BCUT2D eigenvalue weighted by Crippen LogP contribution is -2.17. The maximum absolute atomic E-state index is 3.34. The lowest BCUT2D eigenvalue weighted by molar-refractivity contribution is 1.31. The Morgan fingerprint density at radius 1 is 1.30 bits per heavy atom. The van der Waals surface area contributed by atoms with Crippen LogP contribution in [-0.4, -0.2) is 19.6 Å². The van der Waals surface area contributed by atoms with Crippen molar-refractivity contribution < 1.29 is 0 Å². The van der Waals surface area contributed by atoms with Crippen LogP contribution in [0.25, 0.3) is 0 Å². The number of thioether (sulfide) groups is 1. The van der Waals surface area contributed by atoms with Crippen LogP contribution in [0.1, 0.15) is 6.92 Å². The fourth-order valence-electron chi connectivity index (χ4n) is 0.377. The maximum Gasteiger partial charge on any atom is 0.129 e. The second-order valence-corrected chi connectivity index (χ2v) is 9.33.